The third kappa shape index (κ3) is 4.15. The lowest BCUT2D eigenvalue weighted by Gasteiger charge is -1.70. The molecule has 0 aromatic heterocycles. The highest BCUT2D eigenvalue weighted by molar-refractivity contribution is 8.22. The molecule has 27 valence electrons. The van der Waals surface area contributed by atoms with Gasteiger partial charge in [0.25, 0.3) is 0 Å². The Labute approximate surface area is 37.8 Å². The Morgan fingerprint density at radius 2 is 2.60 bits per heavy atom. The van der Waals surface area contributed by atoms with Gasteiger partial charge in [-0.3, -0.25) is 0 Å². The molecule has 0 aromatic carbocycles. The Morgan fingerprint density at radius 1 is 2.00 bits per heavy atom. The highest BCUT2D eigenvalue weighted by Crippen LogP contribution is 1.82. The highest BCUT2D eigenvalue weighted by atomic mass is 32.2. The quantitative estimate of drug-likeness (QED) is 0.452. The first-order chi connectivity index (χ1) is 2.41. The first kappa shape index (κ1) is 5.15. The molecule has 0 aliphatic rings. The fraction of sp³-hybridized carbons (Fsp3) is 0.333. The van der Waals surface area contributed by atoms with E-state index in [2.05, 4.69) is 6.58 Å². The van der Waals surface area contributed by atoms with Crippen LogP contribution in [0.15, 0.2) is 12.6 Å². The van der Waals surface area contributed by atoms with Crippen LogP contribution in [0.3, 0.4) is 0 Å². The number of hydrogen-bond acceptors (Lipinski definition) is 1. The highest BCUT2D eigenvalue weighted by Gasteiger charge is 1.67. The van der Waals surface area contributed by atoms with Gasteiger partial charge in [-0.2, -0.15) is 0 Å². The average Bonchev–Trinajstić information content (AvgIpc) is 1.41. The van der Waals surface area contributed by atoms with E-state index in [0.29, 0.717) is 0 Å². The lowest BCUT2D eigenvalue weighted by atomic mass is 10.1. The molecule has 0 saturated heterocycles. The van der Waals surface area contributed by atoms with Crippen molar-refractivity contribution in [1.82, 2.24) is 0 Å². The van der Waals surface area contributed by atoms with E-state index < -0.39 is 0 Å². The largest absolute Gasteiger partial charge is 0.220 e. The zero-order valence-electron chi connectivity index (χ0n) is 3.27. The van der Waals surface area contributed by atoms with E-state index in [-0.39, 0.29) is 0 Å². The molecule has 0 atom stereocenters. The standard InChI is InChI=1S/C3H6BS/c1-3-4-5-2/h3H,1H2,2H3. The Hall–Kier alpha value is 0.155. The topological polar surface area (TPSA) is 0 Å². The molecule has 0 spiro atoms. The molecule has 5 heavy (non-hydrogen) atoms. The van der Waals surface area contributed by atoms with Crippen LogP contribution in [-0.4, -0.2) is 12.8 Å². The minimum Gasteiger partial charge on any atom is -0.215 e. The lowest BCUT2D eigenvalue weighted by Crippen LogP contribution is -1.65. The molecule has 0 amide bonds. The van der Waals surface area contributed by atoms with Crippen LogP contribution in [0, 0.1) is 0 Å². The predicted molar refractivity (Wildman–Crippen MR) is 29.5 cm³/mol. The summed E-state index contributed by atoms with van der Waals surface area (Å²) in [5.74, 6) is 1.77. The van der Waals surface area contributed by atoms with E-state index in [9.17, 15) is 0 Å². The minimum absolute atomic E-state index is 1.66. The van der Waals surface area contributed by atoms with Crippen molar-refractivity contribution in [3.05, 3.63) is 12.6 Å². The maximum atomic E-state index is 3.47. The summed E-state index contributed by atoms with van der Waals surface area (Å²) < 4.78 is 0. The molecule has 0 aromatic rings. The van der Waals surface area contributed by atoms with E-state index >= 15 is 0 Å². The summed E-state index contributed by atoms with van der Waals surface area (Å²) in [4.78, 5) is 0. The van der Waals surface area contributed by atoms with Crippen LogP contribution in [0.4, 0.5) is 0 Å². The Balaban J connectivity index is 2.40. The summed E-state index contributed by atoms with van der Waals surface area (Å²) >= 11 is 1.66. The maximum Gasteiger partial charge on any atom is 0.220 e. The van der Waals surface area contributed by atoms with Gasteiger partial charge in [0.1, 0.15) is 0 Å². The van der Waals surface area contributed by atoms with E-state index in [1.807, 2.05) is 12.8 Å². The van der Waals surface area contributed by atoms with Gasteiger partial charge in [0, 0.05) is 0 Å². The Morgan fingerprint density at radius 3 is 2.60 bits per heavy atom. The van der Waals surface area contributed by atoms with Gasteiger partial charge in [0.15, 0.2) is 0 Å². The molecule has 2 heteroatoms. The van der Waals surface area contributed by atoms with Crippen LogP contribution in [0.5, 0.6) is 0 Å². The van der Waals surface area contributed by atoms with Crippen molar-refractivity contribution in [2.24, 2.45) is 0 Å². The summed E-state index contributed by atoms with van der Waals surface area (Å²) in [6.07, 6.45) is 2.00. The first-order valence-electron chi connectivity index (χ1n) is 1.39. The second kappa shape index (κ2) is 4.15. The van der Waals surface area contributed by atoms with Crippen LogP contribution in [-0.2, 0) is 0 Å². The van der Waals surface area contributed by atoms with E-state index in [1.165, 1.54) is 0 Å². The third-order valence-electron chi connectivity index (χ3n) is 0.232. The molecule has 0 saturated carbocycles. The van der Waals surface area contributed by atoms with Gasteiger partial charge in [-0.15, -0.1) is 12.6 Å². The average molecular weight is 85.0 g/mol. The molecule has 0 aliphatic heterocycles. The molecule has 1 radical (unpaired) electrons. The fourth-order valence-corrected chi connectivity index (χ4v) is 0.289. The van der Waals surface area contributed by atoms with Crippen molar-refractivity contribution in [3.63, 3.8) is 0 Å². The van der Waals surface area contributed by atoms with Crippen molar-refractivity contribution in [1.29, 1.82) is 0 Å². The van der Waals surface area contributed by atoms with Gasteiger partial charge in [-0.05, 0) is 6.26 Å². The van der Waals surface area contributed by atoms with Gasteiger partial charge >= 0.3 is 0 Å². The zero-order chi connectivity index (χ0) is 4.12. The molecule has 0 rings (SSSR count). The molecule has 0 heterocycles. The minimum atomic E-state index is 1.66. The van der Waals surface area contributed by atoms with Crippen molar-refractivity contribution in [2.75, 3.05) is 6.26 Å². The monoisotopic (exact) mass is 85.0 g/mol. The number of hydrogen-bond donors (Lipinski definition) is 0. The van der Waals surface area contributed by atoms with Crippen LogP contribution in [0.1, 0.15) is 0 Å². The molecular weight excluding hydrogens is 78.9 g/mol. The molecule has 0 bridgehead atoms. The van der Waals surface area contributed by atoms with E-state index in [0.717, 1.165) is 0 Å². The summed E-state index contributed by atoms with van der Waals surface area (Å²) in [5, 5.41) is 0. The second-order valence-electron chi connectivity index (χ2n) is 0.607. The first-order valence-corrected chi connectivity index (χ1v) is 2.67. The van der Waals surface area contributed by atoms with Crippen LogP contribution < -0.4 is 0 Å². The van der Waals surface area contributed by atoms with E-state index in [4.69, 9.17) is 0 Å². The van der Waals surface area contributed by atoms with Gasteiger partial charge in [0.2, 0.25) is 6.56 Å². The Kier molecular flexibility index (Phi) is 4.28. The predicted octanol–water partition coefficient (Wildman–Crippen LogP) is 1.11. The number of rotatable bonds is 2. The molecule has 0 aliphatic carbocycles. The van der Waals surface area contributed by atoms with Gasteiger partial charge in [0.05, 0.1) is 0 Å². The van der Waals surface area contributed by atoms with Crippen molar-refractivity contribution >= 4 is 18.2 Å². The maximum absolute atomic E-state index is 3.47. The van der Waals surface area contributed by atoms with Crippen LogP contribution in [0.25, 0.3) is 0 Å². The summed E-state index contributed by atoms with van der Waals surface area (Å²) in [6.45, 7) is 5.40. The van der Waals surface area contributed by atoms with Crippen molar-refractivity contribution in [3.8, 4) is 0 Å². The molecular formula is C3H6BS. The van der Waals surface area contributed by atoms with Gasteiger partial charge in [-0.1, -0.05) is 0 Å². The molecule has 0 unspecified atom stereocenters. The smallest absolute Gasteiger partial charge is 0.215 e. The molecule has 0 fully saturated rings. The summed E-state index contributed by atoms with van der Waals surface area (Å²) in [7, 11) is 0. The SMILES string of the molecule is C=C[B]SC. The summed E-state index contributed by atoms with van der Waals surface area (Å²) in [5.41, 5.74) is 0. The van der Waals surface area contributed by atoms with Crippen LogP contribution >= 0.6 is 11.6 Å². The summed E-state index contributed by atoms with van der Waals surface area (Å²) in [6, 6.07) is 0. The van der Waals surface area contributed by atoms with E-state index in [1.54, 1.807) is 17.6 Å². The molecule has 0 nitrogen and oxygen atoms in total. The lowest BCUT2D eigenvalue weighted by molar-refractivity contribution is 2.52. The van der Waals surface area contributed by atoms with Crippen molar-refractivity contribution < 1.29 is 0 Å². The zero-order valence-corrected chi connectivity index (χ0v) is 4.09. The fourth-order valence-electron chi connectivity index (χ4n) is 0.0962. The van der Waals surface area contributed by atoms with Gasteiger partial charge < -0.3 is 0 Å². The Bertz CT molecular complexity index is 28.1. The van der Waals surface area contributed by atoms with Gasteiger partial charge in [-0.25, -0.2) is 11.6 Å². The van der Waals surface area contributed by atoms with Crippen LogP contribution in [0.2, 0.25) is 0 Å². The van der Waals surface area contributed by atoms with Crippen molar-refractivity contribution in [2.45, 2.75) is 0 Å². The second-order valence-corrected chi connectivity index (χ2v) is 1.35. The normalized spacial score (nSPS) is 6.60. The third-order valence-corrected chi connectivity index (χ3v) is 0.697. The molecule has 0 N–H and O–H groups in total.